The minimum Gasteiger partial charge on any atom is -0.477 e. The van der Waals surface area contributed by atoms with Crippen molar-refractivity contribution in [2.24, 2.45) is 5.92 Å². The summed E-state index contributed by atoms with van der Waals surface area (Å²) in [5.74, 6) is 1.16. The quantitative estimate of drug-likeness (QED) is 0.769. The van der Waals surface area contributed by atoms with Crippen LogP contribution in [0.25, 0.3) is 0 Å². The summed E-state index contributed by atoms with van der Waals surface area (Å²) in [4.78, 5) is 17.2. The van der Waals surface area contributed by atoms with Crippen LogP contribution in [0.1, 0.15) is 12.0 Å². The van der Waals surface area contributed by atoms with E-state index in [0.29, 0.717) is 24.8 Å². The van der Waals surface area contributed by atoms with Gasteiger partial charge in [0.2, 0.25) is 11.8 Å². The van der Waals surface area contributed by atoms with E-state index in [1.165, 1.54) is 0 Å². The van der Waals surface area contributed by atoms with E-state index in [1.807, 2.05) is 26.1 Å². The maximum Gasteiger partial charge on any atom is 0.222 e. The van der Waals surface area contributed by atoms with E-state index in [2.05, 4.69) is 4.98 Å². The van der Waals surface area contributed by atoms with Crippen LogP contribution in [0.2, 0.25) is 0 Å². The van der Waals surface area contributed by atoms with Crippen molar-refractivity contribution in [3.8, 4) is 5.88 Å². The number of hydrogen-bond acceptors (Lipinski definition) is 3. The van der Waals surface area contributed by atoms with Gasteiger partial charge >= 0.3 is 0 Å². The molecule has 1 amide bonds. The Morgan fingerprint density at radius 2 is 2.44 bits per heavy atom. The number of nitrogens with zero attached hydrogens (tertiary/aromatic N) is 2. The summed E-state index contributed by atoms with van der Waals surface area (Å²) in [6.07, 6.45) is 2.30. The smallest absolute Gasteiger partial charge is 0.222 e. The lowest BCUT2D eigenvalue weighted by atomic mass is 10.1. The second-order valence-corrected chi connectivity index (χ2v) is 4.28. The first kappa shape index (κ1) is 10.9. The van der Waals surface area contributed by atoms with Crippen LogP contribution in [0, 0.1) is 12.8 Å². The van der Waals surface area contributed by atoms with E-state index in [4.69, 9.17) is 4.74 Å². The average molecular weight is 220 g/mol. The van der Waals surface area contributed by atoms with Gasteiger partial charge in [0.05, 0.1) is 6.61 Å². The fraction of sp³-hybridized carbons (Fsp3) is 0.500. The summed E-state index contributed by atoms with van der Waals surface area (Å²) in [6.45, 7) is 3.31. The molecule has 1 aromatic heterocycles. The third-order valence-electron chi connectivity index (χ3n) is 2.84. The van der Waals surface area contributed by atoms with Gasteiger partial charge < -0.3 is 9.64 Å². The predicted octanol–water partition coefficient (Wildman–Crippen LogP) is 1.25. The first-order chi connectivity index (χ1) is 7.66. The van der Waals surface area contributed by atoms with Gasteiger partial charge in [0, 0.05) is 37.7 Å². The normalized spacial score (nSPS) is 20.2. The molecular formula is C12H16N2O2. The van der Waals surface area contributed by atoms with Crippen LogP contribution in [0.3, 0.4) is 0 Å². The van der Waals surface area contributed by atoms with E-state index in [1.54, 1.807) is 11.1 Å². The summed E-state index contributed by atoms with van der Waals surface area (Å²) in [7, 11) is 1.83. The Morgan fingerprint density at radius 1 is 1.62 bits per heavy atom. The highest BCUT2D eigenvalue weighted by atomic mass is 16.5. The van der Waals surface area contributed by atoms with Crippen molar-refractivity contribution in [3.05, 3.63) is 23.9 Å². The number of amides is 1. The number of likely N-dealkylation sites (tertiary alicyclic amines) is 1. The van der Waals surface area contributed by atoms with Gasteiger partial charge in [0.1, 0.15) is 0 Å². The number of rotatable bonds is 3. The fourth-order valence-electron chi connectivity index (χ4n) is 1.89. The summed E-state index contributed by atoms with van der Waals surface area (Å²) in [6, 6.07) is 3.85. The molecule has 16 heavy (non-hydrogen) atoms. The van der Waals surface area contributed by atoms with Gasteiger partial charge in [-0.25, -0.2) is 4.98 Å². The Balaban J connectivity index is 1.89. The maximum atomic E-state index is 11.3. The van der Waals surface area contributed by atoms with Crippen LogP contribution in [0.5, 0.6) is 5.88 Å². The Labute approximate surface area is 95.2 Å². The number of aromatic nitrogens is 1. The van der Waals surface area contributed by atoms with E-state index >= 15 is 0 Å². The Bertz CT molecular complexity index is 392. The molecule has 0 aliphatic carbocycles. The van der Waals surface area contributed by atoms with Gasteiger partial charge in [-0.2, -0.15) is 0 Å². The second-order valence-electron chi connectivity index (χ2n) is 4.28. The monoisotopic (exact) mass is 220 g/mol. The molecule has 1 atom stereocenters. The fourth-order valence-corrected chi connectivity index (χ4v) is 1.89. The molecule has 1 aromatic rings. The van der Waals surface area contributed by atoms with Crippen LogP contribution in [-0.2, 0) is 4.79 Å². The van der Waals surface area contributed by atoms with Gasteiger partial charge in [0.15, 0.2) is 0 Å². The Kier molecular flexibility index (Phi) is 3.08. The predicted molar refractivity (Wildman–Crippen MR) is 60.2 cm³/mol. The third kappa shape index (κ3) is 2.32. The van der Waals surface area contributed by atoms with Crippen molar-refractivity contribution in [1.29, 1.82) is 0 Å². The molecule has 4 nitrogen and oxygen atoms in total. The lowest BCUT2D eigenvalue weighted by molar-refractivity contribution is -0.126. The molecule has 2 heterocycles. The van der Waals surface area contributed by atoms with Crippen LogP contribution in [0.4, 0.5) is 0 Å². The lowest BCUT2D eigenvalue weighted by Gasteiger charge is -2.12. The van der Waals surface area contributed by atoms with E-state index in [9.17, 15) is 4.79 Å². The molecule has 1 unspecified atom stereocenters. The largest absolute Gasteiger partial charge is 0.477 e. The number of hydrogen-bond donors (Lipinski definition) is 0. The number of pyridine rings is 1. The number of ether oxygens (including phenoxy) is 1. The van der Waals surface area contributed by atoms with Crippen molar-refractivity contribution in [2.75, 3.05) is 20.2 Å². The molecule has 0 saturated carbocycles. The molecular weight excluding hydrogens is 204 g/mol. The SMILES string of the molecule is Cc1cccnc1OCC1CC(=O)N(C)C1. The van der Waals surface area contributed by atoms with Crippen molar-refractivity contribution in [1.82, 2.24) is 9.88 Å². The van der Waals surface area contributed by atoms with Crippen molar-refractivity contribution >= 4 is 5.91 Å². The van der Waals surface area contributed by atoms with Gasteiger partial charge in [-0.1, -0.05) is 6.07 Å². The minimum atomic E-state index is 0.200. The Morgan fingerprint density at radius 3 is 3.06 bits per heavy atom. The molecule has 1 aliphatic rings. The molecule has 0 N–H and O–H groups in total. The van der Waals surface area contributed by atoms with Gasteiger partial charge in [-0.15, -0.1) is 0 Å². The molecule has 2 rings (SSSR count). The highest BCUT2D eigenvalue weighted by Crippen LogP contribution is 2.19. The first-order valence-electron chi connectivity index (χ1n) is 5.45. The molecule has 1 saturated heterocycles. The highest BCUT2D eigenvalue weighted by Gasteiger charge is 2.27. The molecule has 0 radical (unpaired) electrons. The van der Waals surface area contributed by atoms with Gasteiger partial charge in [-0.05, 0) is 13.0 Å². The zero-order chi connectivity index (χ0) is 11.5. The summed E-state index contributed by atoms with van der Waals surface area (Å²) < 4.78 is 5.63. The molecule has 0 spiro atoms. The first-order valence-corrected chi connectivity index (χ1v) is 5.45. The molecule has 0 aromatic carbocycles. The van der Waals surface area contributed by atoms with Crippen LogP contribution in [0.15, 0.2) is 18.3 Å². The topological polar surface area (TPSA) is 42.4 Å². The standard InChI is InChI=1S/C12H16N2O2/c1-9-4-3-5-13-12(9)16-8-10-6-11(15)14(2)7-10/h3-5,10H,6-8H2,1-2H3. The van der Waals surface area contributed by atoms with Crippen molar-refractivity contribution < 1.29 is 9.53 Å². The lowest BCUT2D eigenvalue weighted by Crippen LogP contribution is -2.20. The van der Waals surface area contributed by atoms with E-state index in [0.717, 1.165) is 12.1 Å². The second kappa shape index (κ2) is 4.51. The molecule has 1 fully saturated rings. The summed E-state index contributed by atoms with van der Waals surface area (Å²) in [5, 5.41) is 0. The number of aryl methyl sites for hydroxylation is 1. The highest BCUT2D eigenvalue weighted by molar-refractivity contribution is 5.78. The summed E-state index contributed by atoms with van der Waals surface area (Å²) >= 11 is 0. The van der Waals surface area contributed by atoms with Gasteiger partial charge in [-0.3, -0.25) is 4.79 Å². The third-order valence-corrected chi connectivity index (χ3v) is 2.84. The van der Waals surface area contributed by atoms with Gasteiger partial charge in [0.25, 0.3) is 0 Å². The van der Waals surface area contributed by atoms with Crippen LogP contribution < -0.4 is 4.74 Å². The molecule has 1 aliphatic heterocycles. The zero-order valence-corrected chi connectivity index (χ0v) is 9.64. The maximum absolute atomic E-state index is 11.3. The molecule has 86 valence electrons. The molecule has 4 heteroatoms. The zero-order valence-electron chi connectivity index (χ0n) is 9.64. The van der Waals surface area contributed by atoms with Crippen molar-refractivity contribution in [2.45, 2.75) is 13.3 Å². The van der Waals surface area contributed by atoms with Crippen molar-refractivity contribution in [3.63, 3.8) is 0 Å². The average Bonchev–Trinajstić information content (AvgIpc) is 2.57. The number of carbonyl (C=O) groups excluding carboxylic acids is 1. The van der Waals surface area contributed by atoms with E-state index < -0.39 is 0 Å². The minimum absolute atomic E-state index is 0.200. The van der Waals surface area contributed by atoms with Crippen LogP contribution >= 0.6 is 0 Å². The summed E-state index contributed by atoms with van der Waals surface area (Å²) in [5.41, 5.74) is 1.03. The number of carbonyl (C=O) groups is 1. The Hall–Kier alpha value is -1.58. The molecule has 0 bridgehead atoms. The van der Waals surface area contributed by atoms with E-state index in [-0.39, 0.29) is 5.91 Å². The van der Waals surface area contributed by atoms with Crippen LogP contribution in [-0.4, -0.2) is 36.0 Å².